The minimum absolute atomic E-state index is 0.0334. The second-order valence-electron chi connectivity index (χ2n) is 5.19. The van der Waals surface area contributed by atoms with Gasteiger partial charge in [-0.3, -0.25) is 0 Å². The fourth-order valence-electron chi connectivity index (χ4n) is 2.20. The Kier molecular flexibility index (Phi) is 4.83. The SMILES string of the molecule is Cc1cc2oc(=O)cc(COC(=O)/C=C/c3ccsc3)c2cc1Cl. The van der Waals surface area contributed by atoms with Crippen LogP contribution in [0.15, 0.2) is 50.3 Å². The van der Waals surface area contributed by atoms with Crippen LogP contribution in [0.5, 0.6) is 0 Å². The Morgan fingerprint density at radius 3 is 2.96 bits per heavy atom. The van der Waals surface area contributed by atoms with E-state index in [0.717, 1.165) is 11.1 Å². The zero-order valence-corrected chi connectivity index (χ0v) is 14.3. The average Bonchev–Trinajstić information content (AvgIpc) is 3.06. The number of esters is 1. The van der Waals surface area contributed by atoms with Crippen molar-refractivity contribution in [3.05, 3.63) is 73.2 Å². The molecule has 122 valence electrons. The van der Waals surface area contributed by atoms with E-state index in [9.17, 15) is 9.59 Å². The van der Waals surface area contributed by atoms with Gasteiger partial charge in [0.15, 0.2) is 0 Å². The van der Waals surface area contributed by atoms with Crippen molar-refractivity contribution in [2.45, 2.75) is 13.5 Å². The third kappa shape index (κ3) is 3.75. The average molecular weight is 361 g/mol. The van der Waals surface area contributed by atoms with Crippen molar-refractivity contribution in [3.8, 4) is 0 Å². The molecule has 0 unspecified atom stereocenters. The first kappa shape index (κ1) is 16.5. The quantitative estimate of drug-likeness (QED) is 0.388. The monoisotopic (exact) mass is 360 g/mol. The number of hydrogen-bond acceptors (Lipinski definition) is 5. The van der Waals surface area contributed by atoms with E-state index in [0.29, 0.717) is 21.6 Å². The molecule has 0 N–H and O–H groups in total. The maximum Gasteiger partial charge on any atom is 0.336 e. The van der Waals surface area contributed by atoms with Gasteiger partial charge in [0.2, 0.25) is 0 Å². The molecule has 0 aliphatic heterocycles. The molecule has 0 aliphatic rings. The lowest BCUT2D eigenvalue weighted by Crippen LogP contribution is -2.05. The van der Waals surface area contributed by atoms with Gasteiger partial charge in [0.25, 0.3) is 0 Å². The molecular formula is C18H13ClO4S. The van der Waals surface area contributed by atoms with Crippen molar-refractivity contribution in [1.82, 2.24) is 0 Å². The van der Waals surface area contributed by atoms with Gasteiger partial charge < -0.3 is 9.15 Å². The molecule has 6 heteroatoms. The van der Waals surface area contributed by atoms with Crippen molar-refractivity contribution < 1.29 is 13.9 Å². The number of carbonyl (C=O) groups is 1. The summed E-state index contributed by atoms with van der Waals surface area (Å²) in [6.45, 7) is 1.79. The number of carbonyl (C=O) groups excluding carboxylic acids is 1. The van der Waals surface area contributed by atoms with Gasteiger partial charge in [0.1, 0.15) is 12.2 Å². The van der Waals surface area contributed by atoms with Crippen LogP contribution in [-0.2, 0) is 16.1 Å². The lowest BCUT2D eigenvalue weighted by molar-refractivity contribution is -0.138. The van der Waals surface area contributed by atoms with E-state index in [1.807, 2.05) is 23.8 Å². The van der Waals surface area contributed by atoms with Gasteiger partial charge in [-0.15, -0.1) is 0 Å². The highest BCUT2D eigenvalue weighted by Crippen LogP contribution is 2.25. The van der Waals surface area contributed by atoms with Crippen molar-refractivity contribution in [2.24, 2.45) is 0 Å². The van der Waals surface area contributed by atoms with Gasteiger partial charge >= 0.3 is 11.6 Å². The highest BCUT2D eigenvalue weighted by Gasteiger charge is 2.10. The smallest absolute Gasteiger partial charge is 0.336 e. The van der Waals surface area contributed by atoms with Crippen LogP contribution in [0.2, 0.25) is 5.02 Å². The second kappa shape index (κ2) is 7.03. The molecule has 3 aromatic rings. The Morgan fingerprint density at radius 2 is 2.21 bits per heavy atom. The lowest BCUT2D eigenvalue weighted by atomic mass is 10.1. The van der Waals surface area contributed by atoms with Crippen LogP contribution in [0.4, 0.5) is 0 Å². The van der Waals surface area contributed by atoms with Gasteiger partial charge in [-0.1, -0.05) is 11.6 Å². The molecule has 0 aliphatic carbocycles. The number of fused-ring (bicyclic) bond motifs is 1. The summed E-state index contributed by atoms with van der Waals surface area (Å²) in [4.78, 5) is 23.5. The topological polar surface area (TPSA) is 56.5 Å². The van der Waals surface area contributed by atoms with Crippen LogP contribution in [0, 0.1) is 6.92 Å². The number of thiophene rings is 1. The summed E-state index contributed by atoms with van der Waals surface area (Å²) in [6.07, 6.45) is 3.03. The van der Waals surface area contributed by atoms with Crippen LogP contribution in [-0.4, -0.2) is 5.97 Å². The second-order valence-corrected chi connectivity index (χ2v) is 6.37. The largest absolute Gasteiger partial charge is 0.458 e. The van der Waals surface area contributed by atoms with Crippen molar-refractivity contribution in [2.75, 3.05) is 0 Å². The number of benzene rings is 1. The summed E-state index contributed by atoms with van der Waals surface area (Å²) >= 11 is 7.68. The molecule has 2 heterocycles. The Bertz CT molecular complexity index is 971. The Hall–Kier alpha value is -2.37. The molecule has 0 radical (unpaired) electrons. The number of rotatable bonds is 4. The lowest BCUT2D eigenvalue weighted by Gasteiger charge is -2.07. The van der Waals surface area contributed by atoms with Crippen LogP contribution >= 0.6 is 22.9 Å². The van der Waals surface area contributed by atoms with Gasteiger partial charge in [0, 0.05) is 28.1 Å². The molecule has 24 heavy (non-hydrogen) atoms. The first-order valence-corrected chi connectivity index (χ1v) is 8.45. The first-order chi connectivity index (χ1) is 11.5. The Labute approximate surface area is 146 Å². The summed E-state index contributed by atoms with van der Waals surface area (Å²) in [5, 5.41) is 5.05. The van der Waals surface area contributed by atoms with Crippen molar-refractivity contribution in [1.29, 1.82) is 0 Å². The summed E-state index contributed by atoms with van der Waals surface area (Å²) < 4.78 is 10.4. The number of aryl methyl sites for hydroxylation is 1. The highest BCUT2D eigenvalue weighted by molar-refractivity contribution is 7.08. The van der Waals surface area contributed by atoms with Crippen molar-refractivity contribution in [3.63, 3.8) is 0 Å². The Morgan fingerprint density at radius 1 is 1.38 bits per heavy atom. The molecule has 3 rings (SSSR count). The molecule has 1 aromatic carbocycles. The third-order valence-corrected chi connectivity index (χ3v) is 4.54. The van der Waals surface area contributed by atoms with E-state index in [1.54, 1.807) is 29.5 Å². The van der Waals surface area contributed by atoms with Crippen LogP contribution in [0.3, 0.4) is 0 Å². The van der Waals surface area contributed by atoms with Gasteiger partial charge in [0.05, 0.1) is 0 Å². The number of ether oxygens (including phenoxy) is 1. The normalized spacial score (nSPS) is 11.2. The fourth-order valence-corrected chi connectivity index (χ4v) is 2.99. The molecule has 0 spiro atoms. The van der Waals surface area contributed by atoms with E-state index < -0.39 is 11.6 Å². The fraction of sp³-hybridized carbons (Fsp3) is 0.111. The zero-order chi connectivity index (χ0) is 17.1. The summed E-state index contributed by atoms with van der Waals surface area (Å²) in [7, 11) is 0. The van der Waals surface area contributed by atoms with E-state index >= 15 is 0 Å². The third-order valence-electron chi connectivity index (χ3n) is 3.43. The predicted molar refractivity (Wildman–Crippen MR) is 95.4 cm³/mol. The molecule has 0 fully saturated rings. The van der Waals surface area contributed by atoms with Gasteiger partial charge in [-0.2, -0.15) is 11.3 Å². The Balaban J connectivity index is 1.81. The molecule has 2 aromatic heterocycles. The number of hydrogen-bond donors (Lipinski definition) is 0. The van der Waals surface area contributed by atoms with Crippen LogP contribution < -0.4 is 5.63 Å². The standard InChI is InChI=1S/C18H13ClO4S/c1-11-6-16-14(8-15(11)19)13(7-18(21)23-16)9-22-17(20)3-2-12-4-5-24-10-12/h2-8,10H,9H2,1H3/b3-2+. The van der Waals surface area contributed by atoms with Crippen molar-refractivity contribution >= 4 is 46.0 Å². The minimum atomic E-state index is -0.496. The molecular weight excluding hydrogens is 348 g/mol. The summed E-state index contributed by atoms with van der Waals surface area (Å²) in [6, 6.07) is 6.61. The minimum Gasteiger partial charge on any atom is -0.458 e. The molecule has 0 bridgehead atoms. The predicted octanol–water partition coefficient (Wildman–Crippen LogP) is 4.57. The highest BCUT2D eigenvalue weighted by atomic mass is 35.5. The molecule has 0 saturated carbocycles. The maximum atomic E-state index is 11.8. The van der Waals surface area contributed by atoms with Crippen LogP contribution in [0.25, 0.3) is 17.0 Å². The summed E-state index contributed by atoms with van der Waals surface area (Å²) in [5.74, 6) is -0.485. The van der Waals surface area contributed by atoms with Crippen LogP contribution in [0.1, 0.15) is 16.7 Å². The number of halogens is 1. The van der Waals surface area contributed by atoms with E-state index in [1.165, 1.54) is 12.1 Å². The summed E-state index contributed by atoms with van der Waals surface area (Å²) in [5.41, 5.74) is 2.22. The van der Waals surface area contributed by atoms with Gasteiger partial charge in [-0.25, -0.2) is 9.59 Å². The molecule has 0 amide bonds. The molecule has 4 nitrogen and oxygen atoms in total. The molecule has 0 saturated heterocycles. The van der Waals surface area contributed by atoms with E-state index in [4.69, 9.17) is 20.8 Å². The van der Waals surface area contributed by atoms with E-state index in [2.05, 4.69) is 0 Å². The zero-order valence-electron chi connectivity index (χ0n) is 12.7. The maximum absolute atomic E-state index is 11.8. The molecule has 0 atom stereocenters. The first-order valence-electron chi connectivity index (χ1n) is 7.13. The van der Waals surface area contributed by atoms with Gasteiger partial charge in [-0.05, 0) is 53.1 Å². The van der Waals surface area contributed by atoms with E-state index in [-0.39, 0.29) is 6.61 Å².